The lowest BCUT2D eigenvalue weighted by molar-refractivity contribution is -0.366. The van der Waals surface area contributed by atoms with Gasteiger partial charge in [0.25, 0.3) is 0 Å². The molecule has 6 fully saturated rings. The van der Waals surface area contributed by atoms with Crippen molar-refractivity contribution in [2.24, 2.45) is 56.7 Å². The van der Waals surface area contributed by atoms with E-state index in [-0.39, 0.29) is 29.1 Å². The predicted molar refractivity (Wildman–Crippen MR) is 198 cm³/mol. The Labute approximate surface area is 329 Å². The zero-order chi connectivity index (χ0) is 41.1. The van der Waals surface area contributed by atoms with Crippen molar-refractivity contribution in [1.82, 2.24) is 0 Å². The van der Waals surface area contributed by atoms with Crippen LogP contribution in [0.4, 0.5) is 0 Å². The third kappa shape index (κ3) is 5.85. The third-order valence-corrected chi connectivity index (χ3v) is 17.4. The fourth-order valence-electron chi connectivity index (χ4n) is 14.0. The van der Waals surface area contributed by atoms with Crippen LogP contribution in [0.2, 0.25) is 0 Å². The van der Waals surface area contributed by atoms with Gasteiger partial charge in [-0.1, -0.05) is 53.2 Å². The van der Waals surface area contributed by atoms with E-state index in [1.165, 1.54) is 0 Å². The largest absolute Gasteiger partial charge is 0.481 e. The second-order valence-corrected chi connectivity index (χ2v) is 20.0. The summed E-state index contributed by atoms with van der Waals surface area (Å²) in [4.78, 5) is 27.1. The van der Waals surface area contributed by atoms with Gasteiger partial charge in [-0.2, -0.15) is 0 Å². The van der Waals surface area contributed by atoms with Crippen LogP contribution in [0.3, 0.4) is 0 Å². The van der Waals surface area contributed by atoms with E-state index < -0.39 is 108 Å². The molecule has 7 aliphatic rings. The van der Waals surface area contributed by atoms with Gasteiger partial charge in [0, 0.05) is 0 Å². The fourth-order valence-corrected chi connectivity index (χ4v) is 14.0. The van der Waals surface area contributed by atoms with Crippen LogP contribution >= 0.6 is 0 Å². The quantitative estimate of drug-likeness (QED) is 0.137. The molecular weight excluding hydrogens is 728 g/mol. The number of aliphatic hydroxyl groups is 6. The molecule has 318 valence electrons. The minimum absolute atomic E-state index is 0.0190. The molecule has 14 nitrogen and oxygen atoms in total. The summed E-state index contributed by atoms with van der Waals surface area (Å²) in [6, 6.07) is 0. The Bertz CT molecular complexity index is 1550. The van der Waals surface area contributed by atoms with Crippen LogP contribution in [-0.4, -0.2) is 127 Å². The van der Waals surface area contributed by atoms with E-state index >= 15 is 0 Å². The van der Waals surface area contributed by atoms with Crippen molar-refractivity contribution in [3.05, 3.63) is 11.6 Å². The molecule has 0 spiro atoms. The number of aliphatic hydroxyl groups excluding tert-OH is 6. The van der Waals surface area contributed by atoms with E-state index in [0.29, 0.717) is 44.4 Å². The molecule has 20 atom stereocenters. The number of hydrogen-bond acceptors (Lipinski definition) is 12. The molecule has 0 amide bonds. The highest BCUT2D eigenvalue weighted by atomic mass is 16.7. The van der Waals surface area contributed by atoms with E-state index in [4.69, 9.17) is 18.9 Å². The number of carboxylic acids is 2. The first-order valence-corrected chi connectivity index (χ1v) is 20.9. The maximum atomic E-state index is 14.0. The Morgan fingerprint density at radius 2 is 1.43 bits per heavy atom. The topological polar surface area (TPSA) is 233 Å². The number of fused-ring (bicyclic) bond motifs is 7. The Balaban J connectivity index is 1.14. The maximum Gasteiger partial charge on any atom is 0.314 e. The lowest BCUT2D eigenvalue weighted by Crippen LogP contribution is -2.68. The summed E-state index contributed by atoms with van der Waals surface area (Å²) in [5, 5.41) is 85.6. The van der Waals surface area contributed by atoms with Gasteiger partial charge in [-0.15, -0.1) is 0 Å². The average Bonchev–Trinajstić information content (AvgIpc) is 3.14. The molecule has 5 aliphatic carbocycles. The molecule has 0 radical (unpaired) electrons. The molecule has 7 rings (SSSR count). The normalized spacial score (nSPS) is 54.1. The van der Waals surface area contributed by atoms with Gasteiger partial charge in [0.2, 0.25) is 0 Å². The minimum Gasteiger partial charge on any atom is -0.481 e. The van der Waals surface area contributed by atoms with Crippen LogP contribution in [0.5, 0.6) is 0 Å². The van der Waals surface area contributed by atoms with Crippen molar-refractivity contribution >= 4 is 11.9 Å². The lowest BCUT2D eigenvalue weighted by atomic mass is 9.33. The van der Waals surface area contributed by atoms with Crippen molar-refractivity contribution in [3.63, 3.8) is 0 Å². The van der Waals surface area contributed by atoms with Crippen molar-refractivity contribution in [2.75, 3.05) is 6.61 Å². The summed E-state index contributed by atoms with van der Waals surface area (Å²) < 4.78 is 24.1. The fraction of sp³-hybridized carbons (Fsp3) is 0.905. The number of carboxylic acid groups (broad SMARTS) is 2. The van der Waals surface area contributed by atoms with Gasteiger partial charge in [0.1, 0.15) is 42.7 Å². The average molecular weight is 795 g/mol. The first-order valence-electron chi connectivity index (χ1n) is 20.9. The van der Waals surface area contributed by atoms with Gasteiger partial charge in [-0.3, -0.25) is 9.59 Å². The van der Waals surface area contributed by atoms with Gasteiger partial charge < -0.3 is 59.8 Å². The second kappa shape index (κ2) is 14.5. The van der Waals surface area contributed by atoms with E-state index in [1.807, 2.05) is 0 Å². The van der Waals surface area contributed by atoms with Crippen molar-refractivity contribution in [2.45, 2.75) is 174 Å². The molecule has 0 aromatic rings. The number of allylic oxidation sites excluding steroid dienone is 1. The summed E-state index contributed by atoms with van der Waals surface area (Å²) in [6.45, 7) is 14.0. The highest BCUT2D eigenvalue weighted by Gasteiger charge is 2.73. The summed E-state index contributed by atoms with van der Waals surface area (Å²) >= 11 is 0. The number of hydrogen-bond donors (Lipinski definition) is 8. The highest BCUT2D eigenvalue weighted by molar-refractivity contribution is 5.84. The molecule has 8 N–H and O–H groups in total. The molecular formula is C42H66O14. The SMILES string of the molecule is C[C@@H]1CC[C@]2(C(=O)O)CC[C@]3(C(=O)O)C(=CCC4[C@@]5(C)CC[C@H](O[C@@H]6O[C@H](C)[C@H](O)[C@H](O[C@@H]7O[C@H](CO)[C@@H](O)[C@H](O)[C@H]7O)[C@H]6O)C(C)(C)C5CC[C@]43C)C2[C@H]1C. The molecule has 0 aromatic carbocycles. The third-order valence-electron chi connectivity index (χ3n) is 17.4. The Morgan fingerprint density at radius 1 is 0.750 bits per heavy atom. The Hall–Kier alpha value is -1.72. The molecule has 2 saturated heterocycles. The van der Waals surface area contributed by atoms with Crippen molar-refractivity contribution in [3.8, 4) is 0 Å². The first kappa shape index (κ1) is 42.4. The monoisotopic (exact) mass is 794 g/mol. The molecule has 4 saturated carbocycles. The summed E-state index contributed by atoms with van der Waals surface area (Å²) in [6.07, 6.45) is -7.03. The van der Waals surface area contributed by atoms with Crippen molar-refractivity contribution < 1.29 is 69.4 Å². The van der Waals surface area contributed by atoms with Gasteiger partial charge in [0.05, 0.1) is 29.6 Å². The number of aliphatic carboxylic acids is 2. The van der Waals surface area contributed by atoms with E-state index in [0.717, 1.165) is 24.8 Å². The molecule has 14 heteroatoms. The zero-order valence-electron chi connectivity index (χ0n) is 33.9. The summed E-state index contributed by atoms with van der Waals surface area (Å²) in [5.41, 5.74) is -2.61. The zero-order valence-corrected chi connectivity index (χ0v) is 33.9. The highest BCUT2D eigenvalue weighted by Crippen LogP contribution is 2.76. The lowest BCUT2D eigenvalue weighted by Gasteiger charge is -2.70. The summed E-state index contributed by atoms with van der Waals surface area (Å²) in [7, 11) is 0. The molecule has 0 bridgehead atoms. The Kier molecular flexibility index (Phi) is 11.0. The van der Waals surface area contributed by atoms with Gasteiger partial charge in [-0.25, -0.2) is 0 Å². The van der Waals surface area contributed by atoms with E-state index in [9.17, 15) is 50.4 Å². The van der Waals surface area contributed by atoms with E-state index in [1.54, 1.807) is 6.92 Å². The molecule has 0 aromatic heterocycles. The molecule has 2 aliphatic heterocycles. The maximum absolute atomic E-state index is 14.0. The molecule has 2 heterocycles. The van der Waals surface area contributed by atoms with Crippen LogP contribution in [0.1, 0.15) is 106 Å². The van der Waals surface area contributed by atoms with Crippen molar-refractivity contribution in [1.29, 1.82) is 0 Å². The molecule has 3 unspecified atom stereocenters. The predicted octanol–water partition coefficient (Wildman–Crippen LogP) is 2.83. The van der Waals surface area contributed by atoms with Crippen LogP contribution in [0.15, 0.2) is 11.6 Å². The van der Waals surface area contributed by atoms with Gasteiger partial charge in [-0.05, 0) is 111 Å². The van der Waals surface area contributed by atoms with Gasteiger partial charge in [0.15, 0.2) is 12.6 Å². The summed E-state index contributed by atoms with van der Waals surface area (Å²) in [5.74, 6) is -1.49. The number of ether oxygens (including phenoxy) is 4. The van der Waals surface area contributed by atoms with E-state index in [2.05, 4.69) is 47.6 Å². The Morgan fingerprint density at radius 3 is 2.07 bits per heavy atom. The van der Waals surface area contributed by atoms with Crippen LogP contribution in [0, 0.1) is 56.7 Å². The number of carbonyl (C=O) groups is 2. The second-order valence-electron chi connectivity index (χ2n) is 20.0. The van der Waals surface area contributed by atoms with Crippen LogP contribution < -0.4 is 0 Å². The number of rotatable bonds is 7. The first-order chi connectivity index (χ1) is 26.1. The smallest absolute Gasteiger partial charge is 0.314 e. The molecule has 56 heavy (non-hydrogen) atoms. The van der Waals surface area contributed by atoms with Crippen LogP contribution in [0.25, 0.3) is 0 Å². The van der Waals surface area contributed by atoms with Crippen LogP contribution in [-0.2, 0) is 28.5 Å². The standard InChI is InChI=1S/C42H66O14/c1-19-10-15-41(36(49)50)16-17-42(37(51)52)22(27(41)20(19)2)8-9-25-39(6)13-12-26(38(4,5)24(39)11-14-40(25,42)7)55-35-32(48)33(28(44)21(3)53-35)56-34-31(47)30(46)29(45)23(18-43)54-34/h8,19-21,23-35,43-48H,9-18H2,1-7H3,(H,49,50)(H,51,52)/t19-,20+,21-,23-,24?,25?,26+,27?,28+,29-,30+,31-,32-,33+,34+,35+,39+,40-,41+,42-/m1/s1. The van der Waals surface area contributed by atoms with Gasteiger partial charge >= 0.3 is 11.9 Å². The minimum atomic E-state index is -1.73.